The Balaban J connectivity index is 0.00000182. The third-order valence-corrected chi connectivity index (χ3v) is 6.31. The highest BCUT2D eigenvalue weighted by molar-refractivity contribution is 5.85. The predicted molar refractivity (Wildman–Crippen MR) is 117 cm³/mol. The summed E-state index contributed by atoms with van der Waals surface area (Å²) in [6, 6.07) is 11.8. The van der Waals surface area contributed by atoms with Crippen LogP contribution in [0.1, 0.15) is 51.0 Å². The molecule has 2 unspecified atom stereocenters. The Hall–Kier alpha value is -0.810. The van der Waals surface area contributed by atoms with E-state index >= 15 is 0 Å². The molecule has 2 fully saturated rings. The zero-order valence-corrected chi connectivity index (χ0v) is 18.2. The van der Waals surface area contributed by atoms with Gasteiger partial charge in [-0.15, -0.1) is 24.8 Å². The monoisotopic (exact) mass is 415 g/mol. The van der Waals surface area contributed by atoms with Gasteiger partial charge in [-0.25, -0.2) is 0 Å². The molecule has 3 rings (SSSR count). The molecule has 154 valence electrons. The minimum absolute atomic E-state index is 0. The molecule has 6 heteroatoms. The van der Waals surface area contributed by atoms with E-state index in [1.807, 2.05) is 11.9 Å². The van der Waals surface area contributed by atoms with Crippen LogP contribution in [-0.4, -0.2) is 47.4 Å². The number of carbonyl (C=O) groups excluding carboxylic acids is 1. The number of halogens is 2. The molecule has 0 bridgehead atoms. The first kappa shape index (κ1) is 24.2. The fourth-order valence-corrected chi connectivity index (χ4v) is 4.49. The maximum atomic E-state index is 12.7. The van der Waals surface area contributed by atoms with Crippen molar-refractivity contribution in [3.63, 3.8) is 0 Å². The molecule has 1 aromatic rings. The van der Waals surface area contributed by atoms with Gasteiger partial charge in [-0.05, 0) is 44.1 Å². The Morgan fingerprint density at radius 2 is 1.89 bits per heavy atom. The number of carbonyl (C=O) groups is 1. The van der Waals surface area contributed by atoms with Crippen LogP contribution in [0.5, 0.6) is 0 Å². The SMILES string of the molecule is CC1CC(N(C)C(=O)C[C@@H]2CCC[C@H]2N)CCN1Cc1ccccc1.Cl.Cl. The molecule has 4 atom stereocenters. The number of hydrogen-bond donors (Lipinski definition) is 1. The number of hydrogen-bond acceptors (Lipinski definition) is 3. The first-order chi connectivity index (χ1) is 12.0. The molecule has 1 saturated carbocycles. The molecule has 27 heavy (non-hydrogen) atoms. The maximum absolute atomic E-state index is 12.7. The van der Waals surface area contributed by atoms with E-state index in [1.54, 1.807) is 0 Å². The quantitative estimate of drug-likeness (QED) is 0.793. The highest BCUT2D eigenvalue weighted by Gasteiger charge is 2.32. The Morgan fingerprint density at radius 3 is 2.48 bits per heavy atom. The summed E-state index contributed by atoms with van der Waals surface area (Å²) in [7, 11) is 1.99. The highest BCUT2D eigenvalue weighted by Crippen LogP contribution is 2.29. The summed E-state index contributed by atoms with van der Waals surface area (Å²) < 4.78 is 0. The minimum atomic E-state index is 0. The van der Waals surface area contributed by atoms with Gasteiger partial charge < -0.3 is 10.6 Å². The summed E-state index contributed by atoms with van der Waals surface area (Å²) >= 11 is 0. The normalized spacial score (nSPS) is 28.1. The summed E-state index contributed by atoms with van der Waals surface area (Å²) in [5.41, 5.74) is 7.51. The summed E-state index contributed by atoms with van der Waals surface area (Å²) in [6.45, 7) is 4.35. The summed E-state index contributed by atoms with van der Waals surface area (Å²) in [4.78, 5) is 17.2. The molecule has 1 heterocycles. The van der Waals surface area contributed by atoms with Gasteiger partial charge in [0.2, 0.25) is 5.91 Å². The van der Waals surface area contributed by atoms with Crippen LogP contribution in [0.3, 0.4) is 0 Å². The standard InChI is InChI=1S/C21H33N3O.2ClH/c1-16-13-19(11-12-24(16)15-17-7-4-3-5-8-17)23(2)21(25)14-18-9-6-10-20(18)22;;/h3-5,7-8,16,18-20H,6,9-15,22H2,1-2H3;2*1H/t16?,18-,19?,20+;;/m0../s1. The van der Waals surface area contributed by atoms with Gasteiger partial charge in [-0.3, -0.25) is 9.69 Å². The number of likely N-dealkylation sites (tertiary alicyclic amines) is 1. The number of benzene rings is 1. The van der Waals surface area contributed by atoms with Crippen LogP contribution in [-0.2, 0) is 11.3 Å². The predicted octanol–water partition coefficient (Wildman–Crippen LogP) is 3.86. The van der Waals surface area contributed by atoms with Crippen LogP contribution in [0.25, 0.3) is 0 Å². The molecule has 1 aliphatic heterocycles. The van der Waals surface area contributed by atoms with E-state index in [0.717, 1.165) is 38.8 Å². The summed E-state index contributed by atoms with van der Waals surface area (Å²) in [5, 5.41) is 0. The average molecular weight is 416 g/mol. The van der Waals surface area contributed by atoms with Crippen molar-refractivity contribution in [1.29, 1.82) is 0 Å². The van der Waals surface area contributed by atoms with Crippen molar-refractivity contribution in [2.45, 2.75) is 70.1 Å². The first-order valence-electron chi connectivity index (χ1n) is 9.84. The fourth-order valence-electron chi connectivity index (χ4n) is 4.49. The Morgan fingerprint density at radius 1 is 1.19 bits per heavy atom. The largest absolute Gasteiger partial charge is 0.343 e. The van der Waals surface area contributed by atoms with Crippen molar-refractivity contribution in [1.82, 2.24) is 9.80 Å². The van der Waals surface area contributed by atoms with Crippen LogP contribution >= 0.6 is 24.8 Å². The van der Waals surface area contributed by atoms with E-state index in [1.165, 1.54) is 12.0 Å². The van der Waals surface area contributed by atoms with Crippen LogP contribution in [0, 0.1) is 5.92 Å². The zero-order chi connectivity index (χ0) is 17.8. The molecule has 1 saturated heterocycles. The van der Waals surface area contributed by atoms with Gasteiger partial charge in [0.1, 0.15) is 0 Å². The van der Waals surface area contributed by atoms with Gasteiger partial charge in [0.15, 0.2) is 0 Å². The number of nitrogens with zero attached hydrogens (tertiary/aromatic N) is 2. The highest BCUT2D eigenvalue weighted by atomic mass is 35.5. The lowest BCUT2D eigenvalue weighted by Gasteiger charge is -2.41. The number of amides is 1. The van der Waals surface area contributed by atoms with E-state index in [-0.39, 0.29) is 36.8 Å². The van der Waals surface area contributed by atoms with Crippen molar-refractivity contribution in [2.24, 2.45) is 11.7 Å². The Kier molecular flexibility index (Phi) is 10.1. The van der Waals surface area contributed by atoms with E-state index in [0.29, 0.717) is 24.4 Å². The topological polar surface area (TPSA) is 49.6 Å². The smallest absolute Gasteiger partial charge is 0.222 e. The molecular weight excluding hydrogens is 381 g/mol. The Bertz CT molecular complexity index is 572. The van der Waals surface area contributed by atoms with Gasteiger partial charge >= 0.3 is 0 Å². The molecule has 1 aliphatic carbocycles. The lowest BCUT2D eigenvalue weighted by atomic mass is 9.94. The lowest BCUT2D eigenvalue weighted by molar-refractivity contribution is -0.134. The molecular formula is C21H35Cl2N3O. The van der Waals surface area contributed by atoms with Gasteiger partial charge in [-0.2, -0.15) is 0 Å². The van der Waals surface area contributed by atoms with Crippen LogP contribution in [0.15, 0.2) is 30.3 Å². The van der Waals surface area contributed by atoms with Crippen LogP contribution in [0.4, 0.5) is 0 Å². The zero-order valence-electron chi connectivity index (χ0n) is 16.5. The van der Waals surface area contributed by atoms with Crippen LogP contribution in [0.2, 0.25) is 0 Å². The molecule has 0 aromatic heterocycles. The van der Waals surface area contributed by atoms with Crippen molar-refractivity contribution in [2.75, 3.05) is 13.6 Å². The van der Waals surface area contributed by atoms with Crippen LogP contribution < -0.4 is 5.73 Å². The lowest BCUT2D eigenvalue weighted by Crippen LogP contribution is -2.49. The third-order valence-electron chi connectivity index (χ3n) is 6.31. The fraction of sp³-hybridized carbons (Fsp3) is 0.667. The molecule has 1 aromatic carbocycles. The van der Waals surface area contributed by atoms with E-state index in [4.69, 9.17) is 5.73 Å². The second kappa shape index (κ2) is 11.3. The number of piperidine rings is 1. The molecule has 0 spiro atoms. The van der Waals surface area contributed by atoms with Gasteiger partial charge in [-0.1, -0.05) is 36.8 Å². The van der Waals surface area contributed by atoms with E-state index in [2.05, 4.69) is 42.2 Å². The van der Waals surface area contributed by atoms with E-state index in [9.17, 15) is 4.79 Å². The Labute approximate surface area is 176 Å². The summed E-state index contributed by atoms with van der Waals surface area (Å²) in [5.74, 6) is 0.682. The minimum Gasteiger partial charge on any atom is -0.343 e. The van der Waals surface area contributed by atoms with Gasteiger partial charge in [0.05, 0.1) is 0 Å². The number of rotatable bonds is 5. The number of nitrogens with two attached hydrogens (primary N) is 1. The molecule has 2 aliphatic rings. The van der Waals surface area contributed by atoms with Crippen molar-refractivity contribution in [3.8, 4) is 0 Å². The first-order valence-corrected chi connectivity index (χ1v) is 9.84. The van der Waals surface area contributed by atoms with Crippen molar-refractivity contribution in [3.05, 3.63) is 35.9 Å². The van der Waals surface area contributed by atoms with Gasteiger partial charge in [0, 0.05) is 44.7 Å². The van der Waals surface area contributed by atoms with E-state index < -0.39 is 0 Å². The second-order valence-electron chi connectivity index (χ2n) is 8.05. The third kappa shape index (κ3) is 6.35. The van der Waals surface area contributed by atoms with Gasteiger partial charge in [0.25, 0.3) is 0 Å². The molecule has 2 N–H and O–H groups in total. The average Bonchev–Trinajstić information content (AvgIpc) is 3.01. The van der Waals surface area contributed by atoms with Crippen molar-refractivity contribution >= 4 is 30.7 Å². The summed E-state index contributed by atoms with van der Waals surface area (Å²) in [6.07, 6.45) is 6.14. The molecule has 0 radical (unpaired) electrons. The molecule has 1 amide bonds. The van der Waals surface area contributed by atoms with Crippen molar-refractivity contribution < 1.29 is 4.79 Å². The molecule has 4 nitrogen and oxygen atoms in total. The maximum Gasteiger partial charge on any atom is 0.222 e. The second-order valence-corrected chi connectivity index (χ2v) is 8.05.